The van der Waals surface area contributed by atoms with Crippen LogP contribution in [0.3, 0.4) is 0 Å². The number of rotatable bonds is 5. The Morgan fingerprint density at radius 2 is 2.50 bits per heavy atom. The van der Waals surface area contributed by atoms with Gasteiger partial charge in [0.1, 0.15) is 0 Å². The van der Waals surface area contributed by atoms with Crippen LogP contribution in [0.2, 0.25) is 0 Å². The lowest BCUT2D eigenvalue weighted by molar-refractivity contribution is -0.133. The van der Waals surface area contributed by atoms with Crippen molar-refractivity contribution in [1.82, 2.24) is 10.6 Å². The van der Waals surface area contributed by atoms with Crippen LogP contribution in [0.25, 0.3) is 0 Å². The summed E-state index contributed by atoms with van der Waals surface area (Å²) in [6, 6.07) is 2.08. The number of amides is 1. The summed E-state index contributed by atoms with van der Waals surface area (Å²) in [5.41, 5.74) is 0.852. The molecule has 0 saturated carbocycles. The standard InChI is InChI=1S/C13H20N2O2S/c1-10-3-6-18-11(10)7-15-12(16)13(9-17-2)4-5-14-8-13/h3,6,14H,4-5,7-9H2,1-2H3,(H,15,16). The van der Waals surface area contributed by atoms with E-state index in [4.69, 9.17) is 4.74 Å². The fourth-order valence-corrected chi connectivity index (χ4v) is 3.18. The number of aryl methyl sites for hydroxylation is 1. The molecule has 4 nitrogen and oxygen atoms in total. The predicted octanol–water partition coefficient (Wildman–Crippen LogP) is 1.30. The molecule has 1 aromatic heterocycles. The summed E-state index contributed by atoms with van der Waals surface area (Å²) in [6.07, 6.45) is 0.843. The number of ether oxygens (including phenoxy) is 1. The van der Waals surface area contributed by atoms with E-state index >= 15 is 0 Å². The Hall–Kier alpha value is -0.910. The maximum Gasteiger partial charge on any atom is 0.230 e. The van der Waals surface area contributed by atoms with Crippen LogP contribution < -0.4 is 10.6 Å². The SMILES string of the molecule is COCC1(C(=O)NCc2sccc2C)CCNC1. The minimum absolute atomic E-state index is 0.0992. The molecule has 0 bridgehead atoms. The largest absolute Gasteiger partial charge is 0.384 e. The summed E-state index contributed by atoms with van der Waals surface area (Å²) in [5, 5.41) is 8.34. The molecule has 1 aliphatic heterocycles. The van der Waals surface area contributed by atoms with Gasteiger partial charge in [-0.3, -0.25) is 4.79 Å². The molecule has 1 aliphatic rings. The molecule has 0 aromatic carbocycles. The van der Waals surface area contributed by atoms with Gasteiger partial charge in [0.2, 0.25) is 5.91 Å². The van der Waals surface area contributed by atoms with E-state index in [1.54, 1.807) is 18.4 Å². The van der Waals surface area contributed by atoms with Gasteiger partial charge in [0, 0.05) is 18.5 Å². The minimum Gasteiger partial charge on any atom is -0.384 e. The Morgan fingerprint density at radius 1 is 1.67 bits per heavy atom. The fraction of sp³-hybridized carbons (Fsp3) is 0.615. The smallest absolute Gasteiger partial charge is 0.230 e. The van der Waals surface area contributed by atoms with Gasteiger partial charge in [0.15, 0.2) is 0 Å². The Kier molecular flexibility index (Phi) is 4.37. The van der Waals surface area contributed by atoms with Crippen LogP contribution in [-0.4, -0.2) is 32.7 Å². The van der Waals surface area contributed by atoms with Crippen molar-refractivity contribution < 1.29 is 9.53 Å². The lowest BCUT2D eigenvalue weighted by Crippen LogP contribution is -2.45. The van der Waals surface area contributed by atoms with Crippen molar-refractivity contribution in [2.24, 2.45) is 5.41 Å². The van der Waals surface area contributed by atoms with Gasteiger partial charge in [-0.1, -0.05) is 0 Å². The Labute approximate surface area is 112 Å². The van der Waals surface area contributed by atoms with Crippen LogP contribution in [0.5, 0.6) is 0 Å². The van der Waals surface area contributed by atoms with Crippen molar-refractivity contribution >= 4 is 17.2 Å². The third-order valence-corrected chi connectivity index (χ3v) is 4.55. The molecule has 100 valence electrons. The van der Waals surface area contributed by atoms with Crippen molar-refractivity contribution in [3.05, 3.63) is 21.9 Å². The van der Waals surface area contributed by atoms with Crippen LogP contribution in [0.15, 0.2) is 11.4 Å². The zero-order valence-corrected chi connectivity index (χ0v) is 11.7. The van der Waals surface area contributed by atoms with Crippen molar-refractivity contribution in [3.8, 4) is 0 Å². The summed E-state index contributed by atoms with van der Waals surface area (Å²) in [7, 11) is 1.65. The summed E-state index contributed by atoms with van der Waals surface area (Å²) < 4.78 is 5.21. The van der Waals surface area contributed by atoms with E-state index in [1.165, 1.54) is 10.4 Å². The first-order chi connectivity index (χ1) is 8.68. The van der Waals surface area contributed by atoms with Crippen LogP contribution in [-0.2, 0) is 16.1 Å². The lowest BCUT2D eigenvalue weighted by atomic mass is 9.87. The van der Waals surface area contributed by atoms with Gasteiger partial charge >= 0.3 is 0 Å². The van der Waals surface area contributed by atoms with Gasteiger partial charge in [-0.25, -0.2) is 0 Å². The van der Waals surface area contributed by atoms with Gasteiger partial charge in [-0.05, 0) is 36.9 Å². The van der Waals surface area contributed by atoms with E-state index in [-0.39, 0.29) is 11.3 Å². The topological polar surface area (TPSA) is 50.4 Å². The molecule has 1 amide bonds. The van der Waals surface area contributed by atoms with Crippen LogP contribution >= 0.6 is 11.3 Å². The van der Waals surface area contributed by atoms with E-state index < -0.39 is 0 Å². The molecule has 0 aliphatic carbocycles. The normalized spacial score (nSPS) is 23.2. The second-order valence-corrected chi connectivity index (χ2v) is 5.85. The molecule has 2 heterocycles. The van der Waals surface area contributed by atoms with Crippen LogP contribution in [0.4, 0.5) is 0 Å². The predicted molar refractivity (Wildman–Crippen MR) is 72.7 cm³/mol. The van der Waals surface area contributed by atoms with E-state index in [1.807, 2.05) is 0 Å². The number of carbonyl (C=O) groups excluding carboxylic acids is 1. The zero-order chi connectivity index (χ0) is 13.0. The van der Waals surface area contributed by atoms with Gasteiger partial charge in [0.25, 0.3) is 0 Å². The molecule has 5 heteroatoms. The second kappa shape index (κ2) is 5.82. The third-order valence-electron chi connectivity index (χ3n) is 3.52. The Bertz CT molecular complexity index is 411. The average molecular weight is 268 g/mol. The molecule has 1 aromatic rings. The summed E-state index contributed by atoms with van der Waals surface area (Å²) in [4.78, 5) is 13.6. The number of thiophene rings is 1. The fourth-order valence-electron chi connectivity index (χ4n) is 2.34. The quantitative estimate of drug-likeness (QED) is 0.846. The van der Waals surface area contributed by atoms with E-state index in [9.17, 15) is 4.79 Å². The average Bonchev–Trinajstić information content (AvgIpc) is 2.97. The highest BCUT2D eigenvalue weighted by Crippen LogP contribution is 2.26. The number of hydrogen-bond donors (Lipinski definition) is 2. The summed E-state index contributed by atoms with van der Waals surface area (Å²) in [6.45, 7) is 4.76. The lowest BCUT2D eigenvalue weighted by Gasteiger charge is -2.25. The van der Waals surface area contributed by atoms with E-state index in [2.05, 4.69) is 29.0 Å². The first-order valence-electron chi connectivity index (χ1n) is 6.19. The molecule has 2 N–H and O–H groups in total. The van der Waals surface area contributed by atoms with Crippen LogP contribution in [0, 0.1) is 12.3 Å². The van der Waals surface area contributed by atoms with Crippen molar-refractivity contribution in [3.63, 3.8) is 0 Å². The maximum absolute atomic E-state index is 12.3. The number of methoxy groups -OCH3 is 1. The molecule has 1 unspecified atom stereocenters. The Morgan fingerprint density at radius 3 is 3.06 bits per heavy atom. The molecule has 2 rings (SSSR count). The Balaban J connectivity index is 1.96. The first-order valence-corrected chi connectivity index (χ1v) is 7.07. The van der Waals surface area contributed by atoms with Crippen molar-refractivity contribution in [2.75, 3.05) is 26.8 Å². The van der Waals surface area contributed by atoms with Crippen LogP contribution in [0.1, 0.15) is 16.9 Å². The molecule has 1 saturated heterocycles. The van der Waals surface area contributed by atoms with Gasteiger partial charge in [-0.2, -0.15) is 0 Å². The van der Waals surface area contributed by atoms with Gasteiger partial charge in [-0.15, -0.1) is 11.3 Å². The molecule has 18 heavy (non-hydrogen) atoms. The molecule has 1 atom stereocenters. The molecular formula is C13H20N2O2S. The molecule has 1 fully saturated rings. The van der Waals surface area contributed by atoms with E-state index in [0.29, 0.717) is 19.7 Å². The molecular weight excluding hydrogens is 248 g/mol. The highest BCUT2D eigenvalue weighted by Gasteiger charge is 2.41. The second-order valence-electron chi connectivity index (χ2n) is 4.85. The number of hydrogen-bond acceptors (Lipinski definition) is 4. The zero-order valence-electron chi connectivity index (χ0n) is 10.9. The summed E-state index contributed by atoms with van der Waals surface area (Å²) >= 11 is 1.68. The maximum atomic E-state index is 12.3. The minimum atomic E-state index is -0.389. The number of carbonyl (C=O) groups is 1. The summed E-state index contributed by atoms with van der Waals surface area (Å²) in [5.74, 6) is 0.0992. The van der Waals surface area contributed by atoms with E-state index in [0.717, 1.165) is 13.0 Å². The van der Waals surface area contributed by atoms with Gasteiger partial charge in [0.05, 0.1) is 18.6 Å². The highest BCUT2D eigenvalue weighted by molar-refractivity contribution is 7.10. The number of nitrogens with one attached hydrogen (secondary N) is 2. The monoisotopic (exact) mass is 268 g/mol. The van der Waals surface area contributed by atoms with Gasteiger partial charge < -0.3 is 15.4 Å². The third kappa shape index (κ3) is 2.74. The molecule has 0 spiro atoms. The van der Waals surface area contributed by atoms with Crippen molar-refractivity contribution in [2.45, 2.75) is 19.9 Å². The first kappa shape index (κ1) is 13.5. The van der Waals surface area contributed by atoms with Crippen molar-refractivity contribution in [1.29, 1.82) is 0 Å². The highest BCUT2D eigenvalue weighted by atomic mass is 32.1. The molecule has 0 radical (unpaired) electrons.